The molecule has 3 aromatic rings. The Balaban J connectivity index is 0.000000894. The normalized spacial score (nSPS) is 20.9. The number of allylic oxidation sites excluding steroid dienone is 1. The van der Waals surface area contributed by atoms with Crippen molar-refractivity contribution in [3.8, 4) is 0 Å². The lowest BCUT2D eigenvalue weighted by atomic mass is 9.72. The Morgan fingerprint density at radius 3 is 2.35 bits per heavy atom. The van der Waals surface area contributed by atoms with Crippen molar-refractivity contribution in [2.24, 2.45) is 11.8 Å². The minimum atomic E-state index is -0.741. The van der Waals surface area contributed by atoms with Crippen LogP contribution in [0.2, 0.25) is 0 Å². The number of nitrogens with zero attached hydrogens (tertiary/aromatic N) is 1. The topological polar surface area (TPSA) is 151 Å². The van der Waals surface area contributed by atoms with Crippen molar-refractivity contribution < 1.29 is 24.7 Å². The number of para-hydroxylation sites is 1. The van der Waals surface area contributed by atoms with E-state index < -0.39 is 6.10 Å². The third kappa shape index (κ3) is 12.5. The zero-order valence-electron chi connectivity index (χ0n) is 31.2. The van der Waals surface area contributed by atoms with E-state index in [9.17, 15) is 14.7 Å². The molecule has 0 bridgehead atoms. The quantitative estimate of drug-likeness (QED) is 0.116. The van der Waals surface area contributed by atoms with Crippen LogP contribution in [-0.2, 0) is 16.1 Å². The van der Waals surface area contributed by atoms with Crippen molar-refractivity contribution >= 4 is 22.7 Å². The second-order valence-electron chi connectivity index (χ2n) is 15.3. The highest BCUT2D eigenvalue weighted by atomic mass is 16.8. The van der Waals surface area contributed by atoms with Crippen LogP contribution in [0.15, 0.2) is 72.4 Å². The van der Waals surface area contributed by atoms with Gasteiger partial charge in [0.15, 0.2) is 0 Å². The summed E-state index contributed by atoms with van der Waals surface area (Å²) in [6.07, 6.45) is 7.55. The van der Waals surface area contributed by atoms with E-state index in [0.29, 0.717) is 37.0 Å². The first-order valence-corrected chi connectivity index (χ1v) is 18.5. The Hall–Kier alpha value is -3.74. The number of nitrogens with one attached hydrogen (secondary N) is 5. The van der Waals surface area contributed by atoms with Crippen molar-refractivity contribution in [1.82, 2.24) is 31.5 Å². The molecule has 0 radical (unpaired) electrons. The number of piperidine rings is 1. The maximum Gasteiger partial charge on any atom is 0.268 e. The number of aromatic amines is 1. The van der Waals surface area contributed by atoms with Crippen molar-refractivity contribution in [1.29, 1.82) is 0 Å². The molecule has 1 saturated carbocycles. The van der Waals surface area contributed by atoms with Crippen molar-refractivity contribution in [2.75, 3.05) is 19.6 Å². The predicted molar refractivity (Wildman–Crippen MR) is 202 cm³/mol. The lowest BCUT2D eigenvalue weighted by molar-refractivity contribution is -0.152. The molecule has 51 heavy (non-hydrogen) atoms. The molecule has 280 valence electrons. The molecule has 1 saturated heterocycles. The largest absolute Gasteiger partial charge is 0.390 e. The number of carbonyl (C=O) groups excluding carboxylic acids is 2. The number of aliphatic hydroxyl groups is 1. The maximum atomic E-state index is 13.6. The van der Waals surface area contributed by atoms with Gasteiger partial charge in [-0.05, 0) is 90.3 Å². The molecule has 1 aliphatic carbocycles. The van der Waals surface area contributed by atoms with Gasteiger partial charge in [-0.15, -0.1) is 0 Å². The number of aromatic nitrogens is 1. The summed E-state index contributed by atoms with van der Waals surface area (Å²) in [6.45, 7) is 13.1. The van der Waals surface area contributed by atoms with E-state index in [2.05, 4.69) is 42.8 Å². The second kappa shape index (κ2) is 19.2. The van der Waals surface area contributed by atoms with Gasteiger partial charge in [0.1, 0.15) is 5.69 Å². The monoisotopic (exact) mass is 704 g/mol. The fourth-order valence-electron chi connectivity index (χ4n) is 7.19. The highest BCUT2D eigenvalue weighted by Gasteiger charge is 2.41. The molecule has 0 spiro atoms. The molecular weight excluding hydrogens is 644 g/mol. The van der Waals surface area contributed by atoms with E-state index in [1.807, 2.05) is 96.1 Å². The van der Waals surface area contributed by atoms with Gasteiger partial charge in [0, 0.05) is 35.2 Å². The molecule has 5 unspecified atom stereocenters. The van der Waals surface area contributed by atoms with Gasteiger partial charge in [0.25, 0.3) is 5.91 Å². The Bertz CT molecular complexity index is 1520. The van der Waals surface area contributed by atoms with Gasteiger partial charge < -0.3 is 26.0 Å². The van der Waals surface area contributed by atoms with Crippen LogP contribution in [0.4, 0.5) is 0 Å². The van der Waals surface area contributed by atoms with Crippen molar-refractivity contribution in [3.05, 3.63) is 83.7 Å². The van der Waals surface area contributed by atoms with E-state index in [0.717, 1.165) is 35.1 Å². The van der Waals surface area contributed by atoms with Crippen LogP contribution in [0, 0.1) is 11.8 Å². The van der Waals surface area contributed by atoms with Gasteiger partial charge in [-0.2, -0.15) is 0 Å². The third-order valence-corrected chi connectivity index (χ3v) is 9.71. The number of fused-ring (bicyclic) bond motifs is 2. The first kappa shape index (κ1) is 40.0. The number of rotatable bonds is 13. The average Bonchev–Trinajstić information content (AvgIpc) is 3.54. The van der Waals surface area contributed by atoms with Gasteiger partial charge in [-0.1, -0.05) is 79.5 Å². The lowest BCUT2D eigenvalue weighted by Crippen LogP contribution is -2.60. The standard InChI is InChI=1S/C37H51N5O3.C3H9NO2/c1-5-29(22-38-35(44)32-20-27-16-11-12-18-30(27)40-32)39-31(19-25-13-7-6-8-14-25)34(43)24-42-23-28-17-10-9-15-26(28)21-33(42)36(45)41-37(2,3)4;1-3(2)6-4-5/h5-8,11-14,16,18,20,26,28,31,33-34,39-40,43H,9-10,15,17,19,21-24H2,1-4H3,(H,38,44)(H,41,45);3-5H,1-2H3/b29-5+;. The number of hydrogen-bond acceptors (Lipinski definition) is 8. The van der Waals surface area contributed by atoms with Gasteiger partial charge in [0.05, 0.1) is 30.8 Å². The number of amides is 2. The van der Waals surface area contributed by atoms with Crippen LogP contribution >= 0.6 is 0 Å². The van der Waals surface area contributed by atoms with Gasteiger partial charge in [0.2, 0.25) is 5.91 Å². The molecule has 2 fully saturated rings. The van der Waals surface area contributed by atoms with E-state index in [4.69, 9.17) is 5.21 Å². The van der Waals surface area contributed by atoms with Crippen molar-refractivity contribution in [2.45, 2.75) is 110 Å². The summed E-state index contributed by atoms with van der Waals surface area (Å²) in [5, 5.41) is 30.5. The van der Waals surface area contributed by atoms with Gasteiger partial charge in [-0.3, -0.25) is 24.5 Å². The zero-order chi connectivity index (χ0) is 37.0. The highest BCUT2D eigenvalue weighted by Crippen LogP contribution is 2.39. The number of H-pyrrole nitrogens is 1. The fourth-order valence-corrected chi connectivity index (χ4v) is 7.19. The summed E-state index contributed by atoms with van der Waals surface area (Å²) < 4.78 is 0. The van der Waals surface area contributed by atoms with Crippen LogP contribution in [0.1, 0.15) is 89.7 Å². The molecule has 2 amide bonds. The fraction of sp³-hybridized carbons (Fsp3) is 0.550. The molecule has 7 N–H and O–H groups in total. The average molecular weight is 705 g/mol. The minimum absolute atomic E-state index is 0.0370. The number of likely N-dealkylation sites (tertiary alicyclic amines) is 1. The number of hydrogen-bond donors (Lipinski definition) is 7. The summed E-state index contributed by atoms with van der Waals surface area (Å²) in [6, 6.07) is 19.3. The molecule has 2 heterocycles. The smallest absolute Gasteiger partial charge is 0.268 e. The third-order valence-electron chi connectivity index (χ3n) is 9.71. The molecular formula is C40H60N6O5. The molecule has 11 nitrogen and oxygen atoms in total. The number of benzene rings is 2. The predicted octanol–water partition coefficient (Wildman–Crippen LogP) is 5.46. The van der Waals surface area contributed by atoms with Crippen LogP contribution in [0.25, 0.3) is 10.9 Å². The molecule has 1 aromatic heterocycles. The highest BCUT2D eigenvalue weighted by molar-refractivity contribution is 5.98. The van der Waals surface area contributed by atoms with Gasteiger partial charge in [-0.25, -0.2) is 0 Å². The van der Waals surface area contributed by atoms with E-state index in [1.165, 1.54) is 25.7 Å². The SMILES string of the molecule is C/C=C(\CNC(=O)c1cc2ccccc2[nH]1)NC(Cc1ccccc1)C(O)CN1CC2CCCCC2CC1C(=O)NC(C)(C)C.CC(C)ONO. The summed E-state index contributed by atoms with van der Waals surface area (Å²) in [5.41, 5.74) is 4.62. The van der Waals surface area contributed by atoms with E-state index in [1.54, 1.807) is 5.64 Å². The van der Waals surface area contributed by atoms with E-state index >= 15 is 0 Å². The number of aliphatic hydroxyl groups excluding tert-OH is 1. The molecule has 1 aliphatic heterocycles. The summed E-state index contributed by atoms with van der Waals surface area (Å²) in [7, 11) is 0. The molecule has 5 atom stereocenters. The number of carbonyl (C=O) groups is 2. The van der Waals surface area contributed by atoms with Crippen LogP contribution < -0.4 is 21.6 Å². The first-order valence-electron chi connectivity index (χ1n) is 18.5. The zero-order valence-corrected chi connectivity index (χ0v) is 31.2. The summed E-state index contributed by atoms with van der Waals surface area (Å²) in [5.74, 6) is 1.00. The van der Waals surface area contributed by atoms with E-state index in [-0.39, 0.29) is 35.5 Å². The molecule has 2 aliphatic rings. The molecule has 2 aromatic carbocycles. The summed E-state index contributed by atoms with van der Waals surface area (Å²) >= 11 is 0. The Kier molecular flexibility index (Phi) is 15.1. The minimum Gasteiger partial charge on any atom is -0.390 e. The van der Waals surface area contributed by atoms with Crippen LogP contribution in [0.5, 0.6) is 0 Å². The van der Waals surface area contributed by atoms with Crippen molar-refractivity contribution in [3.63, 3.8) is 0 Å². The van der Waals surface area contributed by atoms with Crippen LogP contribution in [0.3, 0.4) is 0 Å². The van der Waals surface area contributed by atoms with Gasteiger partial charge >= 0.3 is 0 Å². The Morgan fingerprint density at radius 1 is 1.04 bits per heavy atom. The Morgan fingerprint density at radius 2 is 1.73 bits per heavy atom. The first-order chi connectivity index (χ1) is 24.4. The summed E-state index contributed by atoms with van der Waals surface area (Å²) in [4.78, 5) is 36.4. The maximum absolute atomic E-state index is 13.6. The lowest BCUT2D eigenvalue weighted by Gasteiger charge is -2.47. The van der Waals surface area contributed by atoms with Crippen LogP contribution in [-0.4, -0.2) is 81.5 Å². The Labute approximate surface area is 303 Å². The molecule has 11 heteroatoms. The second-order valence-corrected chi connectivity index (χ2v) is 15.3. The number of β-amino-alcohol motifs (C(OH)–C–C–N with tert-alkyl or cyclic N) is 1. The molecule has 5 rings (SSSR count).